The highest BCUT2D eigenvalue weighted by atomic mass is 35.5. The lowest BCUT2D eigenvalue weighted by molar-refractivity contribution is -0.137. The van der Waals surface area contributed by atoms with Crippen molar-refractivity contribution in [2.45, 2.75) is 32.5 Å². The van der Waals surface area contributed by atoms with Gasteiger partial charge in [-0.15, -0.1) is 0 Å². The molecule has 0 atom stereocenters. The first kappa shape index (κ1) is 21.7. The average Bonchev–Trinajstić information content (AvgIpc) is 3.09. The zero-order valence-electron chi connectivity index (χ0n) is 16.0. The molecule has 1 heterocycles. The molecule has 158 valence electrons. The average molecular weight is 438 g/mol. The summed E-state index contributed by atoms with van der Waals surface area (Å²) in [5.41, 5.74) is 1.01. The second-order valence-electron chi connectivity index (χ2n) is 6.53. The maximum atomic E-state index is 12.8. The zero-order valence-corrected chi connectivity index (χ0v) is 16.8. The molecular weight excluding hydrogens is 419 g/mol. The summed E-state index contributed by atoms with van der Waals surface area (Å²) in [5, 5.41) is 7.35. The summed E-state index contributed by atoms with van der Waals surface area (Å²) < 4.78 is 45.4. The van der Waals surface area contributed by atoms with Crippen molar-refractivity contribution >= 4 is 17.7 Å². The monoisotopic (exact) mass is 437 g/mol. The first-order chi connectivity index (χ1) is 14.3. The lowest BCUT2D eigenvalue weighted by Gasteiger charge is -2.11. The Morgan fingerprint density at radius 2 is 1.93 bits per heavy atom. The summed E-state index contributed by atoms with van der Waals surface area (Å²) in [5.74, 6) is 0.286. The smallest absolute Gasteiger partial charge is 0.407 e. The largest absolute Gasteiger partial charge is 0.416 e. The molecule has 0 saturated heterocycles. The van der Waals surface area contributed by atoms with Crippen LogP contribution in [0.2, 0.25) is 5.02 Å². The number of rotatable bonds is 6. The molecule has 1 amide bonds. The molecule has 2 aromatic carbocycles. The maximum Gasteiger partial charge on any atom is 0.416 e. The molecule has 5 nitrogen and oxygen atoms in total. The molecule has 0 fully saturated rings. The van der Waals surface area contributed by atoms with Gasteiger partial charge in [-0.1, -0.05) is 37.1 Å². The fourth-order valence-corrected chi connectivity index (χ4v) is 3.01. The van der Waals surface area contributed by atoms with E-state index in [4.69, 9.17) is 16.3 Å². The molecule has 0 saturated carbocycles. The number of carbonyl (C=O) groups is 1. The van der Waals surface area contributed by atoms with E-state index in [1.807, 2.05) is 6.92 Å². The number of benzene rings is 2. The van der Waals surface area contributed by atoms with Crippen LogP contribution >= 0.6 is 11.6 Å². The Morgan fingerprint density at radius 3 is 2.60 bits per heavy atom. The topological polar surface area (TPSA) is 56.1 Å². The lowest BCUT2D eigenvalue weighted by atomic mass is 10.1. The predicted molar refractivity (Wildman–Crippen MR) is 107 cm³/mol. The minimum absolute atomic E-state index is 0.100. The summed E-state index contributed by atoms with van der Waals surface area (Å²) in [4.78, 5) is 12.2. The van der Waals surface area contributed by atoms with Crippen molar-refractivity contribution in [3.05, 3.63) is 76.6 Å². The van der Waals surface area contributed by atoms with Crippen molar-refractivity contribution in [1.29, 1.82) is 0 Å². The Bertz CT molecular complexity index is 1020. The van der Waals surface area contributed by atoms with Crippen molar-refractivity contribution < 1.29 is 22.7 Å². The number of nitrogens with zero attached hydrogens (tertiary/aromatic N) is 2. The van der Waals surface area contributed by atoms with E-state index in [9.17, 15) is 18.0 Å². The van der Waals surface area contributed by atoms with Crippen LogP contribution in [0, 0.1) is 0 Å². The van der Waals surface area contributed by atoms with Gasteiger partial charge in [0, 0.05) is 11.6 Å². The van der Waals surface area contributed by atoms with E-state index in [1.165, 1.54) is 18.3 Å². The van der Waals surface area contributed by atoms with Crippen molar-refractivity contribution in [3.8, 4) is 11.4 Å². The number of aromatic nitrogens is 2. The van der Waals surface area contributed by atoms with Gasteiger partial charge in [0.05, 0.1) is 23.1 Å². The highest BCUT2D eigenvalue weighted by molar-refractivity contribution is 6.30. The number of hydrogen-bond acceptors (Lipinski definition) is 3. The Morgan fingerprint density at radius 1 is 1.20 bits per heavy atom. The standard InChI is InChI=1S/C21H19ClF3N3O2/c1-2-4-18-19(13-27-28(18)17-9-7-16(22)8-10-17)30-20(29)26-12-14-5-3-6-15(11-14)21(23,24)25/h3,5-11,13H,2,4,12H2,1H3,(H,26,29). The highest BCUT2D eigenvalue weighted by Crippen LogP contribution is 2.29. The number of amides is 1. The molecule has 0 radical (unpaired) electrons. The van der Waals surface area contributed by atoms with Crippen LogP contribution in [0.1, 0.15) is 30.2 Å². The molecule has 9 heteroatoms. The summed E-state index contributed by atoms with van der Waals surface area (Å²) in [6.07, 6.45) is -2.38. The fraction of sp³-hybridized carbons (Fsp3) is 0.238. The van der Waals surface area contributed by atoms with E-state index in [1.54, 1.807) is 28.9 Å². The van der Waals surface area contributed by atoms with E-state index in [0.717, 1.165) is 24.2 Å². The Kier molecular flexibility index (Phi) is 6.66. The van der Waals surface area contributed by atoms with Crippen LogP contribution in [0.25, 0.3) is 5.69 Å². The van der Waals surface area contributed by atoms with Crippen LogP contribution in [0.4, 0.5) is 18.0 Å². The Hall–Kier alpha value is -3.00. The van der Waals surface area contributed by atoms with Gasteiger partial charge in [0.2, 0.25) is 0 Å². The number of alkyl halides is 3. The van der Waals surface area contributed by atoms with Gasteiger partial charge in [-0.25, -0.2) is 9.48 Å². The molecule has 0 bridgehead atoms. The summed E-state index contributed by atoms with van der Waals surface area (Å²) in [7, 11) is 0. The third-order valence-corrected chi connectivity index (χ3v) is 4.53. The van der Waals surface area contributed by atoms with Crippen LogP contribution in [0.5, 0.6) is 5.75 Å². The molecule has 3 rings (SSSR count). The minimum atomic E-state index is -4.44. The zero-order chi connectivity index (χ0) is 21.7. The molecule has 0 unspecified atom stereocenters. The van der Waals surface area contributed by atoms with Crippen LogP contribution in [-0.4, -0.2) is 15.9 Å². The molecule has 3 aromatic rings. The van der Waals surface area contributed by atoms with E-state index in [-0.39, 0.29) is 12.3 Å². The van der Waals surface area contributed by atoms with E-state index >= 15 is 0 Å². The summed E-state index contributed by atoms with van der Waals surface area (Å²) in [6, 6.07) is 11.8. The molecular formula is C21H19ClF3N3O2. The minimum Gasteiger partial charge on any atom is -0.407 e. The SMILES string of the molecule is CCCc1c(OC(=O)NCc2cccc(C(F)(F)F)c2)cnn1-c1ccc(Cl)cc1. The van der Waals surface area contributed by atoms with E-state index in [2.05, 4.69) is 10.4 Å². The molecule has 0 spiro atoms. The first-order valence-electron chi connectivity index (χ1n) is 9.22. The quantitative estimate of drug-likeness (QED) is 0.531. The number of carbonyl (C=O) groups excluding carboxylic acids is 1. The van der Waals surface area contributed by atoms with Gasteiger partial charge in [0.15, 0.2) is 5.75 Å². The lowest BCUT2D eigenvalue weighted by Crippen LogP contribution is -2.26. The van der Waals surface area contributed by atoms with Crippen LogP contribution in [0.15, 0.2) is 54.7 Å². The van der Waals surface area contributed by atoms with Crippen molar-refractivity contribution in [2.75, 3.05) is 0 Å². The van der Waals surface area contributed by atoms with Crippen molar-refractivity contribution in [3.63, 3.8) is 0 Å². The molecule has 0 aliphatic carbocycles. The summed E-state index contributed by atoms with van der Waals surface area (Å²) >= 11 is 5.92. The highest BCUT2D eigenvalue weighted by Gasteiger charge is 2.30. The fourth-order valence-electron chi connectivity index (χ4n) is 2.88. The summed E-state index contributed by atoms with van der Waals surface area (Å²) in [6.45, 7) is 1.88. The predicted octanol–water partition coefficient (Wildman–Crippen LogP) is 5.79. The van der Waals surface area contributed by atoms with Gasteiger partial charge in [-0.05, 0) is 48.4 Å². The second-order valence-corrected chi connectivity index (χ2v) is 6.97. The molecule has 1 aromatic heterocycles. The van der Waals surface area contributed by atoms with Gasteiger partial charge in [-0.2, -0.15) is 18.3 Å². The maximum absolute atomic E-state index is 12.8. The number of ether oxygens (including phenoxy) is 1. The van der Waals surface area contributed by atoms with Gasteiger partial charge >= 0.3 is 12.3 Å². The number of hydrogen-bond donors (Lipinski definition) is 1. The van der Waals surface area contributed by atoms with E-state index in [0.29, 0.717) is 22.7 Å². The third kappa shape index (κ3) is 5.33. The molecule has 1 N–H and O–H groups in total. The second kappa shape index (κ2) is 9.21. The van der Waals surface area contributed by atoms with E-state index < -0.39 is 17.8 Å². The van der Waals surface area contributed by atoms with Crippen LogP contribution in [0.3, 0.4) is 0 Å². The van der Waals surface area contributed by atoms with Gasteiger partial charge in [0.1, 0.15) is 0 Å². The molecule has 30 heavy (non-hydrogen) atoms. The molecule has 0 aliphatic heterocycles. The molecule has 0 aliphatic rings. The van der Waals surface area contributed by atoms with Gasteiger partial charge in [-0.3, -0.25) is 0 Å². The van der Waals surface area contributed by atoms with Crippen LogP contribution < -0.4 is 10.1 Å². The Balaban J connectivity index is 1.70. The van der Waals surface area contributed by atoms with Crippen molar-refractivity contribution in [2.24, 2.45) is 0 Å². The van der Waals surface area contributed by atoms with Gasteiger partial charge in [0.25, 0.3) is 0 Å². The number of nitrogens with one attached hydrogen (secondary N) is 1. The van der Waals surface area contributed by atoms with Gasteiger partial charge < -0.3 is 10.1 Å². The Labute approximate surface area is 176 Å². The van der Waals surface area contributed by atoms with Crippen LogP contribution in [-0.2, 0) is 19.1 Å². The normalized spacial score (nSPS) is 11.4. The number of halogens is 4. The first-order valence-corrected chi connectivity index (χ1v) is 9.60. The van der Waals surface area contributed by atoms with Crippen molar-refractivity contribution in [1.82, 2.24) is 15.1 Å². The third-order valence-electron chi connectivity index (χ3n) is 4.28.